The Hall–Kier alpha value is -1.29. The van der Waals surface area contributed by atoms with Gasteiger partial charge in [0.25, 0.3) is 0 Å². The van der Waals surface area contributed by atoms with Gasteiger partial charge in [0.15, 0.2) is 4.90 Å². The molecule has 165 valence electrons. The molecule has 3 rings (SSSR count). The van der Waals surface area contributed by atoms with Crippen molar-refractivity contribution in [3.63, 3.8) is 0 Å². The summed E-state index contributed by atoms with van der Waals surface area (Å²) in [6, 6.07) is 10.6. The van der Waals surface area contributed by atoms with Gasteiger partial charge in [-0.15, -0.1) is 29.3 Å². The van der Waals surface area contributed by atoms with Gasteiger partial charge < -0.3 is 0 Å². The van der Waals surface area contributed by atoms with Crippen molar-refractivity contribution in [2.24, 2.45) is 0 Å². The van der Waals surface area contributed by atoms with Crippen molar-refractivity contribution in [3.8, 4) is 22.3 Å². The third kappa shape index (κ3) is 5.38. The van der Waals surface area contributed by atoms with Crippen molar-refractivity contribution >= 4 is 10.2 Å². The molecule has 0 aliphatic carbocycles. The maximum Gasteiger partial charge on any atom is 0.315 e. The van der Waals surface area contributed by atoms with Crippen LogP contribution in [0.1, 0.15) is 22.3 Å². The summed E-state index contributed by atoms with van der Waals surface area (Å²) in [5.74, 6) is -4.71. The van der Waals surface area contributed by atoms with Crippen LogP contribution in [0.15, 0.2) is 41.3 Å². The van der Waals surface area contributed by atoms with Gasteiger partial charge in [-0.25, -0.2) is 8.78 Å². The third-order valence-electron chi connectivity index (χ3n) is 4.78. The Kier molecular flexibility index (Phi) is 6.40. The van der Waals surface area contributed by atoms with E-state index in [0.717, 1.165) is 27.8 Å². The van der Waals surface area contributed by atoms with Crippen molar-refractivity contribution in [1.29, 1.82) is 0 Å². The average Bonchev–Trinajstić information content (AvgIpc) is 2.50. The zero-order chi connectivity index (χ0) is 22.7. The van der Waals surface area contributed by atoms with Gasteiger partial charge in [0.05, 0.1) is 0 Å². The second kappa shape index (κ2) is 7.64. The minimum absolute atomic E-state index is 0. The first-order valence-electron chi connectivity index (χ1n) is 8.82. The fraction of sp³-hybridized carbons (Fsp3) is 0.182. The second-order valence-electron chi connectivity index (χ2n) is 7.46. The first-order valence-corrected chi connectivity index (χ1v) is 10.8. The molecule has 0 unspecified atom stereocenters. The fourth-order valence-corrected chi connectivity index (χ4v) is 4.63. The van der Waals surface area contributed by atoms with Crippen molar-refractivity contribution in [2.45, 2.75) is 32.6 Å². The van der Waals surface area contributed by atoms with Crippen LogP contribution in [0.2, 0.25) is 0 Å². The topological polar surface area (TPSA) is 0 Å². The van der Waals surface area contributed by atoms with E-state index in [1.165, 1.54) is 0 Å². The fourth-order valence-electron chi connectivity index (χ4n) is 3.77. The minimum atomic E-state index is -10.5. The molecule has 0 spiro atoms. The third-order valence-corrected chi connectivity index (χ3v) is 5.94. The van der Waals surface area contributed by atoms with Gasteiger partial charge in [0.1, 0.15) is 11.6 Å². The van der Waals surface area contributed by atoms with Crippen LogP contribution in [0.3, 0.4) is 0 Å². The van der Waals surface area contributed by atoms with E-state index >= 15 is 0 Å². The van der Waals surface area contributed by atoms with Crippen LogP contribution in [0.25, 0.3) is 22.3 Å². The van der Waals surface area contributed by atoms with Crippen LogP contribution >= 0.6 is 10.2 Å². The second-order valence-corrected chi connectivity index (χ2v) is 9.80. The molecule has 0 atom stereocenters. The summed E-state index contributed by atoms with van der Waals surface area (Å²) >= 11 is 0. The van der Waals surface area contributed by atoms with Crippen LogP contribution < -0.4 is 0 Å². The number of aryl methyl sites for hydroxylation is 4. The summed E-state index contributed by atoms with van der Waals surface area (Å²) in [6.45, 7) is 7.43. The molecule has 1 radical (unpaired) electrons. The zero-order valence-corrected chi connectivity index (χ0v) is 21.5. The number of benzene rings is 3. The smallest absolute Gasteiger partial charge is 0.206 e. The number of halogens is 7. The average molecular weight is 586 g/mol. The minimum Gasteiger partial charge on any atom is -0.206 e. The van der Waals surface area contributed by atoms with Crippen LogP contribution in [0.5, 0.6) is 0 Å². The molecule has 31 heavy (non-hydrogen) atoms. The molecule has 0 nitrogen and oxygen atoms in total. The van der Waals surface area contributed by atoms with E-state index in [9.17, 15) is 28.2 Å². The molecular formula is C22H18F7LaS-. The van der Waals surface area contributed by atoms with Gasteiger partial charge in [-0.2, -0.15) is 0 Å². The molecule has 0 N–H and O–H groups in total. The molecule has 0 fully saturated rings. The summed E-state index contributed by atoms with van der Waals surface area (Å²) in [5.41, 5.74) is 5.10. The molecule has 0 heterocycles. The zero-order valence-electron chi connectivity index (χ0n) is 17.1. The van der Waals surface area contributed by atoms with Crippen molar-refractivity contribution in [2.75, 3.05) is 0 Å². The molecule has 0 saturated heterocycles. The van der Waals surface area contributed by atoms with Crippen molar-refractivity contribution < 1.29 is 63.8 Å². The molecule has 3 aromatic rings. The molecule has 3 aromatic carbocycles. The van der Waals surface area contributed by atoms with E-state index < -0.39 is 26.8 Å². The van der Waals surface area contributed by atoms with E-state index in [1.54, 1.807) is 19.1 Å². The van der Waals surface area contributed by atoms with E-state index in [2.05, 4.69) is 6.07 Å². The van der Waals surface area contributed by atoms with E-state index in [-0.39, 0.29) is 58.9 Å². The first-order chi connectivity index (χ1) is 13.5. The normalized spacial score (nSPS) is 13.9. The molecule has 0 bridgehead atoms. The van der Waals surface area contributed by atoms with Crippen LogP contribution in [-0.4, -0.2) is 0 Å². The van der Waals surface area contributed by atoms with Gasteiger partial charge >= 0.3 is 10.2 Å². The molecule has 0 aromatic heterocycles. The Bertz CT molecular complexity index is 1140. The summed E-state index contributed by atoms with van der Waals surface area (Å²) < 4.78 is 92.7. The summed E-state index contributed by atoms with van der Waals surface area (Å²) in [4.78, 5) is -3.13. The molecular weight excluding hydrogens is 568 g/mol. The van der Waals surface area contributed by atoms with Crippen molar-refractivity contribution in [3.05, 3.63) is 76.4 Å². The van der Waals surface area contributed by atoms with E-state index in [4.69, 9.17) is 0 Å². The molecule has 0 aliphatic rings. The Morgan fingerprint density at radius 2 is 1.16 bits per heavy atom. The van der Waals surface area contributed by atoms with E-state index in [1.807, 2.05) is 32.9 Å². The Morgan fingerprint density at radius 3 is 1.58 bits per heavy atom. The number of hydrogen-bond donors (Lipinski definition) is 0. The maximum absolute atomic E-state index is 14.0. The summed E-state index contributed by atoms with van der Waals surface area (Å²) in [6.07, 6.45) is 0. The molecule has 0 saturated carbocycles. The van der Waals surface area contributed by atoms with Crippen molar-refractivity contribution in [1.82, 2.24) is 0 Å². The Balaban J connectivity index is 0.00000341. The molecule has 9 heteroatoms. The molecule has 0 aliphatic heterocycles. The van der Waals surface area contributed by atoms with Gasteiger partial charge in [-0.05, 0) is 20.8 Å². The first kappa shape index (κ1) is 26.0. The monoisotopic (exact) mass is 586 g/mol. The van der Waals surface area contributed by atoms with Gasteiger partial charge in [0, 0.05) is 35.6 Å². The summed E-state index contributed by atoms with van der Waals surface area (Å²) in [7, 11) is -10.5. The van der Waals surface area contributed by atoms with Crippen LogP contribution in [0, 0.1) is 81.0 Å². The maximum atomic E-state index is 14.0. The number of hydrogen-bond acceptors (Lipinski definition) is 0. The number of rotatable bonds is 3. The van der Waals surface area contributed by atoms with Crippen LogP contribution in [-0.2, 0) is 0 Å². The Morgan fingerprint density at radius 1 is 0.677 bits per heavy atom. The summed E-state index contributed by atoms with van der Waals surface area (Å²) in [5, 5.41) is 0. The predicted octanol–water partition coefficient (Wildman–Crippen LogP) is 8.99. The Labute approximate surface area is 204 Å². The largest absolute Gasteiger partial charge is 0.315 e. The quantitative estimate of drug-likeness (QED) is 0.212. The van der Waals surface area contributed by atoms with Gasteiger partial charge in [-0.3, -0.25) is 0 Å². The van der Waals surface area contributed by atoms with Gasteiger partial charge in [-0.1, -0.05) is 84.0 Å². The standard InChI is InChI=1S/C22H18F7S.La/c1-12-7-14(3)21(15(4)8-12)16-5-6-18(13(2)9-16)17-10-19(23)22(20(24)11-17)30(25,26,27,28)29;/h5,7-11H,1-4H3;/q-1;. The SMILES string of the molecule is Cc1cc(C)c(-c2c[c-]c(-c3cc(F)c(S(F)(F)(F)(F)F)c(F)c3)c(C)c2)c(C)c1.[La]. The predicted molar refractivity (Wildman–Crippen MR) is 106 cm³/mol. The molecule has 0 amide bonds. The van der Waals surface area contributed by atoms with Crippen LogP contribution in [0.4, 0.5) is 28.2 Å². The van der Waals surface area contributed by atoms with Gasteiger partial charge in [0.2, 0.25) is 0 Å². The van der Waals surface area contributed by atoms with E-state index in [0.29, 0.717) is 5.56 Å².